The van der Waals surface area contributed by atoms with E-state index in [1.54, 1.807) is 24.7 Å². The highest BCUT2D eigenvalue weighted by atomic mass is 16.2. The molecule has 0 bridgehead atoms. The molecule has 1 aromatic carbocycles. The number of benzene rings is 1. The second-order valence-corrected chi connectivity index (χ2v) is 4.94. The van der Waals surface area contributed by atoms with Crippen molar-refractivity contribution in [3.05, 3.63) is 48.5 Å². The van der Waals surface area contributed by atoms with Crippen LogP contribution in [0.25, 0.3) is 0 Å². The highest BCUT2D eigenvalue weighted by molar-refractivity contribution is 6.22. The molecule has 2 N–H and O–H groups in total. The van der Waals surface area contributed by atoms with Gasteiger partial charge in [-0.1, -0.05) is 18.2 Å². The minimum absolute atomic E-state index is 0.162. The molecule has 2 amide bonds. The van der Waals surface area contributed by atoms with Gasteiger partial charge in [-0.15, -0.1) is 0 Å². The Hall–Kier alpha value is -2.47. The number of carbonyl (C=O) groups is 2. The van der Waals surface area contributed by atoms with Gasteiger partial charge in [0, 0.05) is 24.9 Å². The Morgan fingerprint density at radius 3 is 2.81 bits per heavy atom. The summed E-state index contributed by atoms with van der Waals surface area (Å²) < 4.78 is 0. The Bertz CT molecular complexity index is 624. The molecule has 6 nitrogen and oxygen atoms in total. The van der Waals surface area contributed by atoms with Gasteiger partial charge in [0.2, 0.25) is 5.91 Å². The van der Waals surface area contributed by atoms with Gasteiger partial charge in [-0.2, -0.15) is 0 Å². The molecule has 2 aromatic rings. The van der Waals surface area contributed by atoms with Crippen LogP contribution in [0.15, 0.2) is 42.9 Å². The minimum atomic E-state index is -0.444. The van der Waals surface area contributed by atoms with Crippen LogP contribution in [0.2, 0.25) is 0 Å². The molecular weight excluding hydrogens is 268 g/mol. The van der Waals surface area contributed by atoms with E-state index in [1.165, 1.54) is 4.90 Å². The molecule has 2 heterocycles. The van der Waals surface area contributed by atoms with Crippen LogP contribution in [0.5, 0.6) is 0 Å². The lowest BCUT2D eigenvalue weighted by molar-refractivity contribution is -0.121. The average molecular weight is 284 g/mol. The molecule has 1 atom stereocenters. The summed E-state index contributed by atoms with van der Waals surface area (Å²) in [7, 11) is 0. The summed E-state index contributed by atoms with van der Waals surface area (Å²) in [4.78, 5) is 32.6. The molecular formula is C15H16N4O2. The number of nitrogens with zero attached hydrogens (tertiary/aromatic N) is 2. The number of carbonyl (C=O) groups excluding carboxylic acids is 2. The summed E-state index contributed by atoms with van der Waals surface area (Å²) in [6.07, 6.45) is 4.32. The highest BCUT2D eigenvalue weighted by Gasteiger charge is 2.38. The molecule has 1 aliphatic rings. The maximum atomic E-state index is 12.3. The molecule has 6 heteroatoms. The second-order valence-electron chi connectivity index (χ2n) is 4.94. The van der Waals surface area contributed by atoms with Gasteiger partial charge in [-0.25, -0.2) is 9.88 Å². The normalized spacial score (nSPS) is 18.5. The van der Waals surface area contributed by atoms with Gasteiger partial charge >= 0.3 is 0 Å². The zero-order valence-corrected chi connectivity index (χ0v) is 11.5. The number of imidazole rings is 1. The van der Waals surface area contributed by atoms with Crippen LogP contribution >= 0.6 is 0 Å². The Balaban J connectivity index is 1.61. The molecule has 1 aliphatic heterocycles. The lowest BCUT2D eigenvalue weighted by atomic mass is 10.2. The summed E-state index contributed by atoms with van der Waals surface area (Å²) in [6, 6.07) is 8.57. The zero-order valence-electron chi connectivity index (χ0n) is 11.5. The monoisotopic (exact) mass is 284 g/mol. The van der Waals surface area contributed by atoms with E-state index in [0.29, 0.717) is 12.2 Å². The standard InChI is InChI=1S/C15H16N4O2/c20-14-8-13(17-7-6-11-9-16-10-18-11)15(21)19(14)12-4-2-1-3-5-12/h1-5,9-10,13,17H,6-8H2,(H,16,18)/t13-/m1/s1. The van der Waals surface area contributed by atoms with Gasteiger partial charge in [0.05, 0.1) is 24.5 Å². The van der Waals surface area contributed by atoms with Gasteiger partial charge in [0.25, 0.3) is 5.91 Å². The number of aromatic amines is 1. The van der Waals surface area contributed by atoms with Gasteiger partial charge < -0.3 is 10.3 Å². The Morgan fingerprint density at radius 2 is 2.10 bits per heavy atom. The van der Waals surface area contributed by atoms with Crippen LogP contribution in [0.3, 0.4) is 0 Å². The summed E-state index contributed by atoms with van der Waals surface area (Å²) in [5, 5.41) is 3.14. The third kappa shape index (κ3) is 2.85. The second kappa shape index (κ2) is 5.88. The van der Waals surface area contributed by atoms with Crippen molar-refractivity contribution in [1.82, 2.24) is 15.3 Å². The number of para-hydroxylation sites is 1. The molecule has 0 aliphatic carbocycles. The third-order valence-electron chi connectivity index (χ3n) is 3.50. The Kier molecular flexibility index (Phi) is 3.79. The first kappa shape index (κ1) is 13.5. The summed E-state index contributed by atoms with van der Waals surface area (Å²) in [6.45, 7) is 0.620. The fraction of sp³-hybridized carbons (Fsp3) is 0.267. The van der Waals surface area contributed by atoms with Crippen LogP contribution in [0, 0.1) is 0 Å². The molecule has 0 spiro atoms. The van der Waals surface area contributed by atoms with Crippen LogP contribution in [0.4, 0.5) is 5.69 Å². The third-order valence-corrected chi connectivity index (χ3v) is 3.50. The first-order valence-corrected chi connectivity index (χ1v) is 6.88. The number of hydrogen-bond donors (Lipinski definition) is 2. The van der Waals surface area contributed by atoms with E-state index in [4.69, 9.17) is 0 Å². The van der Waals surface area contributed by atoms with Crippen molar-refractivity contribution in [2.75, 3.05) is 11.4 Å². The smallest absolute Gasteiger partial charge is 0.251 e. The lowest BCUT2D eigenvalue weighted by Crippen LogP contribution is -2.39. The molecule has 108 valence electrons. The van der Waals surface area contributed by atoms with Crippen molar-refractivity contribution in [3.8, 4) is 0 Å². The SMILES string of the molecule is O=C1C[C@@H](NCCc2cnc[nH]2)C(=O)N1c1ccccc1. The number of rotatable bonds is 5. The van der Waals surface area contributed by atoms with Crippen LogP contribution in [-0.4, -0.2) is 34.4 Å². The number of nitrogens with one attached hydrogen (secondary N) is 2. The molecule has 3 rings (SSSR count). The van der Waals surface area contributed by atoms with E-state index >= 15 is 0 Å². The largest absolute Gasteiger partial charge is 0.348 e. The Labute approximate surface area is 122 Å². The Morgan fingerprint density at radius 1 is 1.29 bits per heavy atom. The lowest BCUT2D eigenvalue weighted by Gasteiger charge is -2.15. The zero-order chi connectivity index (χ0) is 14.7. The van der Waals surface area contributed by atoms with Crippen molar-refractivity contribution in [2.24, 2.45) is 0 Å². The predicted molar refractivity (Wildman–Crippen MR) is 77.6 cm³/mol. The molecule has 0 saturated carbocycles. The van der Waals surface area contributed by atoms with Crippen LogP contribution in [-0.2, 0) is 16.0 Å². The molecule has 0 radical (unpaired) electrons. The maximum Gasteiger partial charge on any atom is 0.251 e. The van der Waals surface area contributed by atoms with Crippen molar-refractivity contribution >= 4 is 17.5 Å². The highest BCUT2D eigenvalue weighted by Crippen LogP contribution is 2.22. The quantitative estimate of drug-likeness (QED) is 0.799. The van der Waals surface area contributed by atoms with Gasteiger partial charge in [0.15, 0.2) is 0 Å². The van der Waals surface area contributed by atoms with Crippen molar-refractivity contribution in [2.45, 2.75) is 18.9 Å². The maximum absolute atomic E-state index is 12.3. The van der Waals surface area contributed by atoms with E-state index in [2.05, 4.69) is 15.3 Å². The topological polar surface area (TPSA) is 78.1 Å². The van der Waals surface area contributed by atoms with E-state index in [0.717, 1.165) is 12.1 Å². The van der Waals surface area contributed by atoms with E-state index < -0.39 is 6.04 Å². The fourth-order valence-electron chi connectivity index (χ4n) is 2.44. The number of amides is 2. The molecule has 21 heavy (non-hydrogen) atoms. The molecule has 1 fully saturated rings. The average Bonchev–Trinajstić information content (AvgIpc) is 3.09. The van der Waals surface area contributed by atoms with Gasteiger partial charge in [-0.05, 0) is 12.1 Å². The predicted octanol–water partition coefficient (Wildman–Crippen LogP) is 0.874. The molecule has 1 saturated heterocycles. The summed E-state index contributed by atoms with van der Waals surface area (Å²) in [5.74, 6) is -0.346. The number of H-pyrrole nitrogens is 1. The van der Waals surface area contributed by atoms with Crippen molar-refractivity contribution < 1.29 is 9.59 Å². The van der Waals surface area contributed by atoms with Crippen LogP contribution in [0.1, 0.15) is 12.1 Å². The number of aromatic nitrogens is 2. The van der Waals surface area contributed by atoms with Gasteiger partial charge in [-0.3, -0.25) is 9.59 Å². The number of imide groups is 1. The van der Waals surface area contributed by atoms with E-state index in [1.807, 2.05) is 18.2 Å². The van der Waals surface area contributed by atoms with Crippen molar-refractivity contribution in [3.63, 3.8) is 0 Å². The fourth-order valence-corrected chi connectivity index (χ4v) is 2.44. The summed E-state index contributed by atoms with van der Waals surface area (Å²) in [5.41, 5.74) is 1.63. The van der Waals surface area contributed by atoms with Crippen molar-refractivity contribution in [1.29, 1.82) is 0 Å². The number of anilines is 1. The first-order chi connectivity index (χ1) is 10.3. The first-order valence-electron chi connectivity index (χ1n) is 6.88. The minimum Gasteiger partial charge on any atom is -0.348 e. The molecule has 1 aromatic heterocycles. The summed E-state index contributed by atoms with van der Waals surface area (Å²) >= 11 is 0. The van der Waals surface area contributed by atoms with Crippen LogP contribution < -0.4 is 10.2 Å². The van der Waals surface area contributed by atoms with E-state index in [9.17, 15) is 9.59 Å². The molecule has 0 unspecified atom stereocenters. The van der Waals surface area contributed by atoms with Gasteiger partial charge in [0.1, 0.15) is 0 Å². The number of hydrogen-bond acceptors (Lipinski definition) is 4. The van der Waals surface area contributed by atoms with E-state index in [-0.39, 0.29) is 18.2 Å².